The molecule has 9 heteroatoms. The minimum absolute atomic E-state index is 0.120. The predicted molar refractivity (Wildman–Crippen MR) is 122 cm³/mol. The van der Waals surface area contributed by atoms with Crippen LogP contribution < -0.4 is 0 Å². The van der Waals surface area contributed by atoms with E-state index in [2.05, 4.69) is 35.4 Å². The number of fused-ring (bicyclic) bond motifs is 1. The number of benzene rings is 1. The molecule has 1 aromatic heterocycles. The Labute approximate surface area is 187 Å². The maximum Gasteiger partial charge on any atom is 0.340 e. The van der Waals surface area contributed by atoms with Crippen LogP contribution in [0.15, 0.2) is 33.4 Å². The molecule has 0 saturated heterocycles. The first-order valence-corrected chi connectivity index (χ1v) is 13.4. The third-order valence-electron chi connectivity index (χ3n) is 5.34. The molecule has 164 valence electrons. The Balaban J connectivity index is 1.92. The Bertz CT molecular complexity index is 996. The van der Waals surface area contributed by atoms with E-state index >= 15 is 0 Å². The van der Waals surface area contributed by atoms with Gasteiger partial charge in [-0.1, -0.05) is 26.0 Å². The van der Waals surface area contributed by atoms with Gasteiger partial charge in [0, 0.05) is 42.5 Å². The molecule has 0 saturated carbocycles. The largest absolute Gasteiger partial charge is 0.465 e. The standard InChI is InChI=1S/C21H28N2O4S3/c1-5-23(6-2)30(25,26)21-19(20(24)27-3)17-11-12-22(14-18(17)29-21)13-15-7-9-16(28-4)10-8-15/h7-10H,5-6,11-14H2,1-4H3. The second kappa shape index (κ2) is 9.82. The van der Waals surface area contributed by atoms with Gasteiger partial charge in [0.05, 0.1) is 12.7 Å². The van der Waals surface area contributed by atoms with E-state index in [1.54, 1.807) is 25.6 Å². The van der Waals surface area contributed by atoms with Gasteiger partial charge in [-0.25, -0.2) is 13.2 Å². The average Bonchev–Trinajstić information content (AvgIpc) is 3.14. The number of carbonyl (C=O) groups excluding carboxylic acids is 1. The molecule has 0 unspecified atom stereocenters. The van der Waals surface area contributed by atoms with Crippen molar-refractivity contribution in [1.29, 1.82) is 0 Å². The molecule has 2 aromatic rings. The highest BCUT2D eigenvalue weighted by molar-refractivity contribution is 7.98. The number of thiophene rings is 1. The van der Waals surface area contributed by atoms with Gasteiger partial charge < -0.3 is 4.74 Å². The molecule has 0 spiro atoms. The zero-order valence-electron chi connectivity index (χ0n) is 17.8. The van der Waals surface area contributed by atoms with Crippen LogP contribution in [-0.2, 0) is 34.3 Å². The summed E-state index contributed by atoms with van der Waals surface area (Å²) in [4.78, 5) is 17.0. The number of methoxy groups -OCH3 is 1. The first-order valence-electron chi connectivity index (χ1n) is 9.93. The molecule has 0 N–H and O–H groups in total. The quantitative estimate of drug-likeness (QED) is 0.433. The number of thioether (sulfide) groups is 1. The number of carbonyl (C=O) groups is 1. The van der Waals surface area contributed by atoms with E-state index in [9.17, 15) is 13.2 Å². The molecule has 3 rings (SSSR count). The summed E-state index contributed by atoms with van der Waals surface area (Å²) in [5, 5.41) is 0. The summed E-state index contributed by atoms with van der Waals surface area (Å²) in [6, 6.07) is 8.49. The van der Waals surface area contributed by atoms with Crippen molar-refractivity contribution in [3.63, 3.8) is 0 Å². The normalized spacial score (nSPS) is 14.7. The molecule has 2 heterocycles. The van der Waals surface area contributed by atoms with Gasteiger partial charge in [0.2, 0.25) is 0 Å². The summed E-state index contributed by atoms with van der Waals surface area (Å²) in [6.45, 7) is 6.51. The summed E-state index contributed by atoms with van der Waals surface area (Å²) in [5.41, 5.74) is 2.27. The molecule has 0 bridgehead atoms. The maximum absolute atomic E-state index is 13.2. The Morgan fingerprint density at radius 2 is 1.90 bits per heavy atom. The molecule has 0 amide bonds. The van der Waals surface area contributed by atoms with Gasteiger partial charge in [0.25, 0.3) is 10.0 Å². The molecular weight excluding hydrogens is 440 g/mol. The van der Waals surface area contributed by atoms with Crippen molar-refractivity contribution in [2.75, 3.05) is 33.0 Å². The molecule has 0 radical (unpaired) electrons. The highest BCUT2D eigenvalue weighted by Crippen LogP contribution is 2.38. The molecular formula is C21H28N2O4S3. The Hall–Kier alpha value is -1.39. The highest BCUT2D eigenvalue weighted by atomic mass is 32.2. The van der Waals surface area contributed by atoms with Crippen molar-refractivity contribution in [2.45, 2.75) is 42.5 Å². The minimum atomic E-state index is -3.73. The van der Waals surface area contributed by atoms with E-state index in [-0.39, 0.29) is 9.77 Å². The van der Waals surface area contributed by atoms with E-state index in [4.69, 9.17) is 4.74 Å². The lowest BCUT2D eigenvalue weighted by molar-refractivity contribution is 0.0595. The predicted octanol–water partition coefficient (Wildman–Crippen LogP) is 3.85. The van der Waals surface area contributed by atoms with Crippen molar-refractivity contribution in [2.24, 2.45) is 0 Å². The third-order valence-corrected chi connectivity index (χ3v) is 9.84. The van der Waals surface area contributed by atoms with E-state index in [1.165, 1.54) is 33.2 Å². The summed E-state index contributed by atoms with van der Waals surface area (Å²) in [5.74, 6) is -0.570. The SMILES string of the molecule is CCN(CC)S(=O)(=O)c1sc2c(c1C(=O)OC)CCN(Cc1ccc(SC)cc1)C2. The molecule has 1 aromatic carbocycles. The highest BCUT2D eigenvalue weighted by Gasteiger charge is 2.36. The van der Waals surface area contributed by atoms with E-state index in [1.807, 2.05) is 0 Å². The molecule has 30 heavy (non-hydrogen) atoms. The number of ether oxygens (including phenoxy) is 1. The summed E-state index contributed by atoms with van der Waals surface area (Å²) in [7, 11) is -2.44. The fraction of sp³-hybridized carbons (Fsp3) is 0.476. The number of nitrogens with zero attached hydrogens (tertiary/aromatic N) is 2. The zero-order valence-corrected chi connectivity index (χ0v) is 20.3. The fourth-order valence-electron chi connectivity index (χ4n) is 3.73. The summed E-state index contributed by atoms with van der Waals surface area (Å²) < 4.78 is 32.9. The van der Waals surface area contributed by atoms with Crippen LogP contribution in [0.4, 0.5) is 0 Å². The van der Waals surface area contributed by atoms with Crippen LogP contribution in [-0.4, -0.2) is 56.6 Å². The lowest BCUT2D eigenvalue weighted by Crippen LogP contribution is -2.31. The van der Waals surface area contributed by atoms with Gasteiger partial charge in [0.1, 0.15) is 4.21 Å². The van der Waals surface area contributed by atoms with Crippen LogP contribution in [0.25, 0.3) is 0 Å². The van der Waals surface area contributed by atoms with Gasteiger partial charge in [-0.2, -0.15) is 4.31 Å². The second-order valence-corrected chi connectivity index (χ2v) is 11.2. The van der Waals surface area contributed by atoms with E-state index in [0.717, 1.165) is 23.5 Å². The fourth-order valence-corrected chi connectivity index (χ4v) is 7.66. The molecule has 0 atom stereocenters. The van der Waals surface area contributed by atoms with Crippen LogP contribution in [0.3, 0.4) is 0 Å². The second-order valence-electron chi connectivity index (χ2n) is 7.06. The molecule has 1 aliphatic rings. The van der Waals surface area contributed by atoms with Gasteiger partial charge in [-0.05, 0) is 35.9 Å². The van der Waals surface area contributed by atoms with Crippen molar-refractivity contribution in [1.82, 2.24) is 9.21 Å². The van der Waals surface area contributed by atoms with E-state index in [0.29, 0.717) is 26.1 Å². The van der Waals surface area contributed by atoms with Crippen LogP contribution >= 0.6 is 23.1 Å². The monoisotopic (exact) mass is 468 g/mol. The average molecular weight is 469 g/mol. The van der Waals surface area contributed by atoms with Crippen LogP contribution in [0, 0.1) is 0 Å². The number of sulfonamides is 1. The van der Waals surface area contributed by atoms with Gasteiger partial charge in [-0.15, -0.1) is 23.1 Å². The lowest BCUT2D eigenvalue weighted by Gasteiger charge is -2.27. The van der Waals surface area contributed by atoms with Gasteiger partial charge >= 0.3 is 5.97 Å². The smallest absolute Gasteiger partial charge is 0.340 e. The first kappa shape index (κ1) is 23.3. The lowest BCUT2D eigenvalue weighted by atomic mass is 10.0. The van der Waals surface area contributed by atoms with Crippen LogP contribution in [0.5, 0.6) is 0 Å². The molecule has 0 aliphatic carbocycles. The van der Waals surface area contributed by atoms with Gasteiger partial charge in [-0.3, -0.25) is 4.90 Å². The van der Waals surface area contributed by atoms with E-state index < -0.39 is 16.0 Å². The van der Waals surface area contributed by atoms with Crippen molar-refractivity contribution in [3.8, 4) is 0 Å². The van der Waals surface area contributed by atoms with Crippen molar-refractivity contribution >= 4 is 39.1 Å². The summed E-state index contributed by atoms with van der Waals surface area (Å²) >= 11 is 2.93. The number of hydrogen-bond donors (Lipinski definition) is 0. The van der Waals surface area contributed by atoms with Gasteiger partial charge in [0.15, 0.2) is 0 Å². The third kappa shape index (κ3) is 4.60. The summed E-state index contributed by atoms with van der Waals surface area (Å²) in [6.07, 6.45) is 2.69. The van der Waals surface area contributed by atoms with Crippen molar-refractivity contribution in [3.05, 3.63) is 45.8 Å². The first-order chi connectivity index (χ1) is 14.3. The Morgan fingerprint density at radius 3 is 2.47 bits per heavy atom. The topological polar surface area (TPSA) is 66.9 Å². The number of rotatable bonds is 8. The van der Waals surface area contributed by atoms with Crippen LogP contribution in [0.2, 0.25) is 0 Å². The Kier molecular flexibility index (Phi) is 7.62. The number of hydrogen-bond acceptors (Lipinski definition) is 7. The Morgan fingerprint density at radius 1 is 1.23 bits per heavy atom. The van der Waals surface area contributed by atoms with Crippen molar-refractivity contribution < 1.29 is 17.9 Å². The molecule has 6 nitrogen and oxygen atoms in total. The minimum Gasteiger partial charge on any atom is -0.465 e. The molecule has 1 aliphatic heterocycles. The van der Waals surface area contributed by atoms with Crippen LogP contribution in [0.1, 0.15) is 40.2 Å². The molecule has 0 fully saturated rings. The maximum atomic E-state index is 13.2. The number of esters is 1. The zero-order chi connectivity index (χ0) is 21.9.